The maximum Gasteiger partial charge on any atom is 0.227 e. The number of hydrogen-bond acceptors (Lipinski definition) is 5. The Hall–Kier alpha value is -0.980. The Morgan fingerprint density at radius 2 is 2.08 bits per heavy atom. The fraction of sp³-hybridized carbons (Fsp3) is 0.778. The summed E-state index contributed by atoms with van der Waals surface area (Å²) < 4.78 is 0. The molecule has 1 amide bonds. The average Bonchev–Trinajstić information content (AvgIpc) is 3.05. The molecule has 2 fully saturated rings. The number of thiazole rings is 1. The summed E-state index contributed by atoms with van der Waals surface area (Å²) in [6.07, 6.45) is 2.16. The van der Waals surface area contributed by atoms with Gasteiger partial charge in [-0.1, -0.05) is 20.8 Å². The number of aromatic nitrogens is 1. The molecule has 0 radical (unpaired) electrons. The third kappa shape index (κ3) is 4.35. The lowest BCUT2D eigenvalue weighted by Gasteiger charge is -2.37. The summed E-state index contributed by atoms with van der Waals surface area (Å²) in [5.41, 5.74) is 1.29. The summed E-state index contributed by atoms with van der Waals surface area (Å²) in [4.78, 5) is 21.9. The van der Waals surface area contributed by atoms with E-state index in [0.29, 0.717) is 5.91 Å². The Labute approximate surface area is 149 Å². The van der Waals surface area contributed by atoms with Crippen LogP contribution in [-0.2, 0) is 16.8 Å². The molecule has 134 valence electrons. The van der Waals surface area contributed by atoms with Gasteiger partial charge in [-0.3, -0.25) is 9.69 Å². The summed E-state index contributed by atoms with van der Waals surface area (Å²) in [6, 6.07) is 0. The van der Waals surface area contributed by atoms with Crippen LogP contribution in [0.5, 0.6) is 0 Å². The summed E-state index contributed by atoms with van der Waals surface area (Å²) >= 11 is 1.76. The molecule has 0 aliphatic carbocycles. The van der Waals surface area contributed by atoms with Crippen LogP contribution < -0.4 is 5.32 Å². The predicted molar refractivity (Wildman–Crippen MR) is 98.3 cm³/mol. The molecule has 2 aliphatic heterocycles. The fourth-order valence-corrected chi connectivity index (χ4v) is 4.30. The number of nitrogens with zero attached hydrogens (tertiary/aromatic N) is 3. The van der Waals surface area contributed by atoms with Crippen molar-refractivity contribution in [1.29, 1.82) is 0 Å². The molecule has 0 spiro atoms. The van der Waals surface area contributed by atoms with Crippen molar-refractivity contribution in [3.63, 3.8) is 0 Å². The first-order chi connectivity index (χ1) is 11.4. The third-order valence-corrected chi connectivity index (χ3v) is 6.23. The van der Waals surface area contributed by atoms with Crippen LogP contribution in [0.15, 0.2) is 5.38 Å². The Kier molecular flexibility index (Phi) is 5.57. The maximum atomic E-state index is 12.6. The molecule has 0 bridgehead atoms. The highest BCUT2D eigenvalue weighted by Gasteiger charge is 2.28. The van der Waals surface area contributed by atoms with Crippen LogP contribution in [0.4, 0.5) is 0 Å². The van der Waals surface area contributed by atoms with Crippen LogP contribution >= 0.6 is 11.3 Å². The highest BCUT2D eigenvalue weighted by Crippen LogP contribution is 2.26. The number of amides is 1. The summed E-state index contributed by atoms with van der Waals surface area (Å²) in [7, 11) is 0. The van der Waals surface area contributed by atoms with Crippen molar-refractivity contribution < 1.29 is 4.79 Å². The van der Waals surface area contributed by atoms with Gasteiger partial charge in [0.15, 0.2) is 0 Å². The van der Waals surface area contributed by atoms with Crippen molar-refractivity contribution >= 4 is 17.2 Å². The number of piperazine rings is 1. The van der Waals surface area contributed by atoms with Crippen LogP contribution in [0.2, 0.25) is 0 Å². The molecule has 3 rings (SSSR count). The van der Waals surface area contributed by atoms with E-state index < -0.39 is 0 Å². The van der Waals surface area contributed by atoms with E-state index in [9.17, 15) is 4.79 Å². The van der Waals surface area contributed by atoms with E-state index >= 15 is 0 Å². The fourth-order valence-electron chi connectivity index (χ4n) is 3.40. The number of carbonyl (C=O) groups excluding carboxylic acids is 1. The Balaban J connectivity index is 1.48. The van der Waals surface area contributed by atoms with Crippen molar-refractivity contribution in [1.82, 2.24) is 20.1 Å². The van der Waals surface area contributed by atoms with E-state index in [2.05, 4.69) is 41.3 Å². The van der Waals surface area contributed by atoms with Gasteiger partial charge in [-0.05, 0) is 19.4 Å². The van der Waals surface area contributed by atoms with E-state index in [1.807, 2.05) is 0 Å². The second-order valence-corrected chi connectivity index (χ2v) is 8.90. The largest absolute Gasteiger partial charge is 0.340 e. The molecule has 2 aliphatic rings. The Bertz CT molecular complexity index is 552. The average molecular weight is 351 g/mol. The molecule has 5 nitrogen and oxygen atoms in total. The first-order valence-corrected chi connectivity index (χ1v) is 9.98. The second-order valence-electron chi connectivity index (χ2n) is 8.04. The summed E-state index contributed by atoms with van der Waals surface area (Å²) in [5.74, 6) is 0.545. The molecule has 24 heavy (non-hydrogen) atoms. The summed E-state index contributed by atoms with van der Waals surface area (Å²) in [5, 5.41) is 6.74. The molecule has 0 saturated carbocycles. The first kappa shape index (κ1) is 17.8. The molecule has 1 aromatic rings. The first-order valence-electron chi connectivity index (χ1n) is 9.10. The maximum absolute atomic E-state index is 12.6. The van der Waals surface area contributed by atoms with Gasteiger partial charge in [-0.2, -0.15) is 0 Å². The highest BCUT2D eigenvalue weighted by atomic mass is 32.1. The van der Waals surface area contributed by atoms with E-state index in [4.69, 9.17) is 4.98 Å². The third-order valence-electron chi connectivity index (χ3n) is 4.91. The van der Waals surface area contributed by atoms with E-state index in [1.54, 1.807) is 11.3 Å². The molecule has 2 saturated heterocycles. The lowest BCUT2D eigenvalue weighted by Crippen LogP contribution is -2.51. The lowest BCUT2D eigenvalue weighted by molar-refractivity contribution is -0.137. The molecular formula is C18H30N4OS. The van der Waals surface area contributed by atoms with Crippen molar-refractivity contribution in [2.24, 2.45) is 5.92 Å². The van der Waals surface area contributed by atoms with Crippen LogP contribution in [0.25, 0.3) is 0 Å². The molecular weight excluding hydrogens is 320 g/mol. The van der Waals surface area contributed by atoms with Gasteiger partial charge in [0.2, 0.25) is 5.91 Å². The lowest BCUT2D eigenvalue weighted by atomic mass is 9.98. The van der Waals surface area contributed by atoms with Gasteiger partial charge in [0.25, 0.3) is 0 Å². The topological polar surface area (TPSA) is 48.5 Å². The van der Waals surface area contributed by atoms with Crippen molar-refractivity contribution in [3.05, 3.63) is 16.1 Å². The van der Waals surface area contributed by atoms with Crippen molar-refractivity contribution in [2.45, 2.75) is 45.6 Å². The van der Waals surface area contributed by atoms with Gasteiger partial charge in [0.05, 0.1) is 16.6 Å². The van der Waals surface area contributed by atoms with Crippen molar-refractivity contribution in [3.8, 4) is 0 Å². The number of hydrogen-bond donors (Lipinski definition) is 1. The van der Waals surface area contributed by atoms with Gasteiger partial charge in [-0.25, -0.2) is 4.98 Å². The van der Waals surface area contributed by atoms with E-state index in [0.717, 1.165) is 58.7 Å². The molecule has 6 heteroatoms. The monoisotopic (exact) mass is 350 g/mol. The summed E-state index contributed by atoms with van der Waals surface area (Å²) in [6.45, 7) is 13.1. The smallest absolute Gasteiger partial charge is 0.227 e. The predicted octanol–water partition coefficient (Wildman–Crippen LogP) is 2.08. The van der Waals surface area contributed by atoms with Gasteiger partial charge >= 0.3 is 0 Å². The molecule has 0 aromatic carbocycles. The molecule has 3 heterocycles. The van der Waals surface area contributed by atoms with E-state index in [-0.39, 0.29) is 11.3 Å². The van der Waals surface area contributed by atoms with Crippen LogP contribution in [-0.4, -0.2) is 60.0 Å². The van der Waals surface area contributed by atoms with Crippen LogP contribution in [0.3, 0.4) is 0 Å². The van der Waals surface area contributed by atoms with Crippen LogP contribution in [0, 0.1) is 5.92 Å². The standard InChI is InChI=1S/C18H30N4OS/c1-18(2,3)17-20-15(13-24-17)12-21-7-9-22(10-8-21)16(23)14-5-4-6-19-11-14/h13-14,19H,4-12H2,1-3H3. The van der Waals surface area contributed by atoms with Gasteiger partial charge in [0.1, 0.15) is 0 Å². The van der Waals surface area contributed by atoms with Gasteiger partial charge in [0, 0.05) is 50.1 Å². The van der Waals surface area contributed by atoms with Gasteiger partial charge in [-0.15, -0.1) is 11.3 Å². The zero-order valence-corrected chi connectivity index (χ0v) is 16.0. The minimum absolute atomic E-state index is 0.127. The number of rotatable bonds is 3. The normalized spacial score (nSPS) is 23.5. The SMILES string of the molecule is CC(C)(C)c1nc(CN2CCN(C(=O)C3CCCNC3)CC2)cs1. The molecule has 1 unspecified atom stereocenters. The van der Waals surface area contributed by atoms with E-state index in [1.165, 1.54) is 10.7 Å². The minimum atomic E-state index is 0.127. The minimum Gasteiger partial charge on any atom is -0.340 e. The number of piperidine rings is 1. The highest BCUT2D eigenvalue weighted by molar-refractivity contribution is 7.09. The second kappa shape index (κ2) is 7.50. The van der Waals surface area contributed by atoms with Crippen LogP contribution in [0.1, 0.15) is 44.3 Å². The Morgan fingerprint density at radius 3 is 2.67 bits per heavy atom. The Morgan fingerprint density at radius 1 is 1.33 bits per heavy atom. The molecule has 1 N–H and O–H groups in total. The van der Waals surface area contributed by atoms with Crippen molar-refractivity contribution in [2.75, 3.05) is 39.3 Å². The zero-order valence-electron chi connectivity index (χ0n) is 15.2. The number of carbonyl (C=O) groups is 1. The zero-order chi connectivity index (χ0) is 17.2. The van der Waals surface area contributed by atoms with Gasteiger partial charge < -0.3 is 10.2 Å². The molecule has 1 atom stereocenters. The molecule has 1 aromatic heterocycles. The quantitative estimate of drug-likeness (QED) is 0.907. The number of nitrogens with one attached hydrogen (secondary N) is 1.